The minimum Gasteiger partial charge on any atom is -0.490 e. The summed E-state index contributed by atoms with van der Waals surface area (Å²) in [7, 11) is 0. The Morgan fingerprint density at radius 2 is 2.07 bits per heavy atom. The van der Waals surface area contributed by atoms with Crippen molar-refractivity contribution in [2.24, 2.45) is 0 Å². The number of nitriles is 1. The van der Waals surface area contributed by atoms with E-state index >= 15 is 0 Å². The summed E-state index contributed by atoms with van der Waals surface area (Å²) in [6, 6.07) is 12.6. The lowest BCUT2D eigenvalue weighted by molar-refractivity contribution is -0.112. The fraction of sp³-hybridized carbons (Fsp3) is 0.182. The molecule has 28 heavy (non-hydrogen) atoms. The van der Waals surface area contributed by atoms with Crippen molar-refractivity contribution >= 4 is 29.3 Å². The zero-order chi connectivity index (χ0) is 20.5. The van der Waals surface area contributed by atoms with Crippen LogP contribution in [0.15, 0.2) is 54.6 Å². The molecule has 0 spiro atoms. The molecule has 0 radical (unpaired) electrons. The highest BCUT2D eigenvalue weighted by atomic mass is 35.5. The SMILES string of the molecule is C=CCOc1c(Cl)cc(/C=C(\C#N)C(=O)Nc2ccccc2C)cc1OCC. The molecule has 0 atom stereocenters. The van der Waals surface area contributed by atoms with E-state index in [9.17, 15) is 10.1 Å². The van der Waals surface area contributed by atoms with Crippen LogP contribution < -0.4 is 14.8 Å². The van der Waals surface area contributed by atoms with Crippen molar-refractivity contribution in [3.05, 3.63) is 70.8 Å². The Labute approximate surface area is 169 Å². The van der Waals surface area contributed by atoms with Crippen molar-refractivity contribution in [2.75, 3.05) is 18.5 Å². The molecule has 0 aliphatic heterocycles. The highest BCUT2D eigenvalue weighted by molar-refractivity contribution is 6.32. The Bertz CT molecular complexity index is 945. The molecule has 0 heterocycles. The van der Waals surface area contributed by atoms with Gasteiger partial charge >= 0.3 is 0 Å². The molecule has 0 unspecified atom stereocenters. The van der Waals surface area contributed by atoms with Gasteiger partial charge in [0.05, 0.1) is 11.6 Å². The third-order valence-electron chi connectivity index (χ3n) is 3.75. The summed E-state index contributed by atoms with van der Waals surface area (Å²) in [6.45, 7) is 8.01. The molecule has 1 N–H and O–H groups in total. The Hall–Kier alpha value is -3.23. The average Bonchev–Trinajstić information content (AvgIpc) is 2.67. The molecule has 5 nitrogen and oxygen atoms in total. The van der Waals surface area contributed by atoms with E-state index < -0.39 is 5.91 Å². The van der Waals surface area contributed by atoms with Crippen molar-refractivity contribution in [1.82, 2.24) is 0 Å². The summed E-state index contributed by atoms with van der Waals surface area (Å²) < 4.78 is 11.1. The van der Waals surface area contributed by atoms with Gasteiger partial charge in [-0.1, -0.05) is 42.5 Å². The molecule has 144 valence electrons. The van der Waals surface area contributed by atoms with Gasteiger partial charge in [-0.2, -0.15) is 5.26 Å². The van der Waals surface area contributed by atoms with Gasteiger partial charge in [-0.3, -0.25) is 4.79 Å². The number of carbonyl (C=O) groups is 1. The van der Waals surface area contributed by atoms with Gasteiger partial charge in [-0.25, -0.2) is 0 Å². The third-order valence-corrected chi connectivity index (χ3v) is 4.03. The molecule has 2 aromatic carbocycles. The maximum Gasteiger partial charge on any atom is 0.266 e. The Morgan fingerprint density at radius 3 is 2.71 bits per heavy atom. The second-order valence-electron chi connectivity index (χ2n) is 5.80. The van der Waals surface area contributed by atoms with E-state index in [-0.39, 0.29) is 12.2 Å². The van der Waals surface area contributed by atoms with Gasteiger partial charge < -0.3 is 14.8 Å². The summed E-state index contributed by atoms with van der Waals surface area (Å²) in [4.78, 5) is 12.5. The van der Waals surface area contributed by atoms with Crippen LogP contribution in [0.2, 0.25) is 5.02 Å². The van der Waals surface area contributed by atoms with Gasteiger partial charge in [0.2, 0.25) is 0 Å². The first kappa shape index (κ1) is 21.1. The van der Waals surface area contributed by atoms with Crippen LogP contribution in [0, 0.1) is 18.3 Å². The molecule has 1 amide bonds. The fourth-order valence-corrected chi connectivity index (χ4v) is 2.71. The van der Waals surface area contributed by atoms with Crippen LogP contribution in [0.1, 0.15) is 18.1 Å². The lowest BCUT2D eigenvalue weighted by Gasteiger charge is -2.13. The summed E-state index contributed by atoms with van der Waals surface area (Å²) in [5.74, 6) is 0.320. The zero-order valence-corrected chi connectivity index (χ0v) is 16.5. The number of nitrogens with zero attached hydrogens (tertiary/aromatic N) is 1. The number of amides is 1. The standard InChI is InChI=1S/C22H21ClN2O3/c1-4-10-28-21-18(23)12-16(13-20(21)27-5-2)11-17(14-24)22(26)25-19-9-7-6-8-15(19)3/h4,6-9,11-13H,1,5,10H2,2-3H3,(H,25,26)/b17-11+. The maximum atomic E-state index is 12.5. The summed E-state index contributed by atoms with van der Waals surface area (Å²) in [5.41, 5.74) is 2.05. The Kier molecular flexibility index (Phi) is 7.67. The second-order valence-corrected chi connectivity index (χ2v) is 6.21. The normalized spacial score (nSPS) is 10.7. The number of para-hydroxylation sites is 1. The number of hydrogen-bond donors (Lipinski definition) is 1. The zero-order valence-electron chi connectivity index (χ0n) is 15.8. The van der Waals surface area contributed by atoms with Crippen LogP contribution in [0.3, 0.4) is 0 Å². The van der Waals surface area contributed by atoms with Crippen LogP contribution in [0.4, 0.5) is 5.69 Å². The van der Waals surface area contributed by atoms with Crippen LogP contribution in [-0.2, 0) is 4.79 Å². The van der Waals surface area contributed by atoms with Gasteiger partial charge in [-0.05, 0) is 49.2 Å². The van der Waals surface area contributed by atoms with Crippen LogP contribution in [0.25, 0.3) is 6.08 Å². The number of nitrogens with one attached hydrogen (secondary N) is 1. The first-order valence-electron chi connectivity index (χ1n) is 8.69. The number of anilines is 1. The highest BCUT2D eigenvalue weighted by Crippen LogP contribution is 2.37. The number of carbonyl (C=O) groups excluding carboxylic acids is 1. The molecular weight excluding hydrogens is 376 g/mol. The van der Waals surface area contributed by atoms with E-state index in [0.29, 0.717) is 34.4 Å². The number of halogens is 1. The van der Waals surface area contributed by atoms with Crippen molar-refractivity contribution in [3.8, 4) is 17.6 Å². The lowest BCUT2D eigenvalue weighted by atomic mass is 10.1. The number of hydrogen-bond acceptors (Lipinski definition) is 4. The second kappa shape index (κ2) is 10.2. The van der Waals surface area contributed by atoms with Gasteiger partial charge in [0.25, 0.3) is 5.91 Å². The van der Waals surface area contributed by atoms with Crippen molar-refractivity contribution in [1.29, 1.82) is 5.26 Å². The van der Waals surface area contributed by atoms with E-state index in [4.69, 9.17) is 21.1 Å². The van der Waals surface area contributed by atoms with Crippen LogP contribution in [0.5, 0.6) is 11.5 Å². The van der Waals surface area contributed by atoms with Crippen molar-refractivity contribution in [2.45, 2.75) is 13.8 Å². The van der Waals surface area contributed by atoms with E-state index in [0.717, 1.165) is 5.56 Å². The molecule has 2 aromatic rings. The Morgan fingerprint density at radius 1 is 1.32 bits per heavy atom. The predicted octanol–water partition coefficient (Wildman–Crippen LogP) is 5.16. The van der Waals surface area contributed by atoms with Gasteiger partial charge in [0.15, 0.2) is 11.5 Å². The molecule has 2 rings (SSSR count). The molecule has 0 aliphatic carbocycles. The summed E-state index contributed by atoms with van der Waals surface area (Å²) in [5, 5.41) is 12.5. The summed E-state index contributed by atoms with van der Waals surface area (Å²) in [6.07, 6.45) is 3.06. The van der Waals surface area contributed by atoms with Crippen LogP contribution in [-0.4, -0.2) is 19.1 Å². The molecular formula is C22H21ClN2O3. The molecule has 0 saturated heterocycles. The molecule has 0 bridgehead atoms. The monoisotopic (exact) mass is 396 g/mol. The van der Waals surface area contributed by atoms with Crippen LogP contribution >= 0.6 is 11.6 Å². The minimum absolute atomic E-state index is 0.0541. The maximum absolute atomic E-state index is 12.5. The molecule has 0 saturated carbocycles. The topological polar surface area (TPSA) is 71.3 Å². The number of rotatable bonds is 8. The molecule has 6 heteroatoms. The smallest absolute Gasteiger partial charge is 0.266 e. The van der Waals surface area contributed by atoms with E-state index in [2.05, 4.69) is 11.9 Å². The number of benzene rings is 2. The third kappa shape index (κ3) is 5.38. The highest BCUT2D eigenvalue weighted by Gasteiger charge is 2.15. The van der Waals surface area contributed by atoms with Gasteiger partial charge in [0.1, 0.15) is 18.2 Å². The molecule has 0 aliphatic rings. The number of ether oxygens (including phenoxy) is 2. The van der Waals surface area contributed by atoms with E-state index in [1.165, 1.54) is 6.08 Å². The van der Waals surface area contributed by atoms with E-state index in [1.54, 1.807) is 24.3 Å². The van der Waals surface area contributed by atoms with Crippen molar-refractivity contribution in [3.63, 3.8) is 0 Å². The van der Waals surface area contributed by atoms with E-state index in [1.807, 2.05) is 38.1 Å². The summed E-state index contributed by atoms with van der Waals surface area (Å²) >= 11 is 6.31. The largest absolute Gasteiger partial charge is 0.490 e. The predicted molar refractivity (Wildman–Crippen MR) is 112 cm³/mol. The molecule has 0 aromatic heterocycles. The number of aryl methyl sites for hydroxylation is 1. The van der Waals surface area contributed by atoms with Crippen molar-refractivity contribution < 1.29 is 14.3 Å². The fourth-order valence-electron chi connectivity index (χ4n) is 2.43. The van der Waals surface area contributed by atoms with Gasteiger partial charge in [0, 0.05) is 5.69 Å². The first-order chi connectivity index (χ1) is 13.5. The minimum atomic E-state index is -0.502. The molecule has 0 fully saturated rings. The lowest BCUT2D eigenvalue weighted by Crippen LogP contribution is -2.14. The quantitative estimate of drug-likeness (QED) is 0.380. The van der Waals surface area contributed by atoms with Gasteiger partial charge in [-0.15, -0.1) is 0 Å². The Balaban J connectivity index is 2.35. The first-order valence-corrected chi connectivity index (χ1v) is 9.06. The average molecular weight is 397 g/mol.